The highest BCUT2D eigenvalue weighted by Crippen LogP contribution is 2.46. The molecule has 31 atom stereocenters. The Morgan fingerprint density at radius 2 is 0.989 bits per heavy atom. The summed E-state index contributed by atoms with van der Waals surface area (Å²) in [7, 11) is 4.38. The molecule has 5 aliphatic heterocycles. The molecule has 0 aromatic heterocycles. The van der Waals surface area contributed by atoms with Crippen molar-refractivity contribution in [2.24, 2.45) is 23.7 Å². The van der Waals surface area contributed by atoms with Crippen LogP contribution in [0.5, 0.6) is 0 Å². The topological polar surface area (TPSA) is 467 Å². The Bertz CT molecular complexity index is 2320. The molecular weight excluding hydrogens is 1220 g/mol. The van der Waals surface area contributed by atoms with E-state index in [0.29, 0.717) is 44.9 Å². The van der Waals surface area contributed by atoms with Crippen LogP contribution in [-0.2, 0) is 75.9 Å². The first-order valence-electron chi connectivity index (χ1n) is 31.7. The maximum atomic E-state index is 13.2. The Balaban J connectivity index is 0.760. The number of aliphatic hydroxyl groups is 15. The number of esters is 2. The van der Waals surface area contributed by atoms with Crippen LogP contribution in [0.25, 0.3) is 0 Å². The molecule has 0 amide bonds. The maximum absolute atomic E-state index is 13.2. The quantitative estimate of drug-likeness (QED) is 0.0377. The van der Waals surface area contributed by atoms with Gasteiger partial charge in [-0.25, -0.2) is 9.59 Å². The molecule has 0 aromatic carbocycles. The average Bonchev–Trinajstić information content (AvgIpc) is 0.794. The van der Waals surface area contributed by atoms with Crippen molar-refractivity contribution in [3.8, 4) is 0 Å². The van der Waals surface area contributed by atoms with Gasteiger partial charge in [-0.15, -0.1) is 0 Å². The molecule has 0 aromatic rings. The zero-order valence-corrected chi connectivity index (χ0v) is 51.4. The van der Waals surface area contributed by atoms with Crippen LogP contribution in [0.3, 0.4) is 0 Å². The van der Waals surface area contributed by atoms with Gasteiger partial charge < -0.3 is 143 Å². The lowest BCUT2D eigenvalue weighted by molar-refractivity contribution is -0.352. The van der Waals surface area contributed by atoms with Gasteiger partial charge in [0.15, 0.2) is 31.3 Å². The van der Waals surface area contributed by atoms with Crippen LogP contribution < -0.4 is 0 Å². The molecule has 5 saturated heterocycles. The Hall–Kier alpha value is -2.66. The molecule has 0 spiro atoms. The lowest BCUT2D eigenvalue weighted by Crippen LogP contribution is -2.64. The van der Waals surface area contributed by atoms with Crippen LogP contribution in [-0.4, -0.2) is 320 Å². The molecule has 11 unspecified atom stereocenters. The number of rotatable bonds is 21. The minimum atomic E-state index is -1.91. The minimum absolute atomic E-state index is 0.00851. The fourth-order valence-electron chi connectivity index (χ4n) is 14.4. The van der Waals surface area contributed by atoms with E-state index >= 15 is 0 Å². The lowest BCUT2D eigenvalue weighted by atomic mass is 9.72. The first-order valence-corrected chi connectivity index (χ1v) is 31.7. The van der Waals surface area contributed by atoms with Crippen molar-refractivity contribution < 1.29 is 153 Å². The highest BCUT2D eigenvalue weighted by atomic mass is 16.7. The fraction of sp³-hybridized carbons (Fsp3) is 0.900. The molecule has 31 heteroatoms. The third kappa shape index (κ3) is 17.2. The van der Waals surface area contributed by atoms with Gasteiger partial charge in [0.05, 0.1) is 80.4 Å². The van der Waals surface area contributed by atoms with E-state index in [2.05, 4.69) is 0 Å². The van der Waals surface area contributed by atoms with Gasteiger partial charge in [-0.2, -0.15) is 0 Å². The first kappa shape index (κ1) is 72.6. The molecule has 9 rings (SSSR count). The number of fused-ring (bicyclic) bond motifs is 1. The van der Waals surface area contributed by atoms with Crippen LogP contribution in [0.15, 0.2) is 24.3 Å². The zero-order valence-electron chi connectivity index (χ0n) is 51.4. The van der Waals surface area contributed by atoms with Gasteiger partial charge in [-0.3, -0.25) is 0 Å². The number of hydrogen-bond acceptors (Lipinski definition) is 31. The van der Waals surface area contributed by atoms with Crippen molar-refractivity contribution in [2.45, 2.75) is 274 Å². The van der Waals surface area contributed by atoms with E-state index in [0.717, 1.165) is 0 Å². The van der Waals surface area contributed by atoms with Gasteiger partial charge in [0.25, 0.3) is 0 Å². The Morgan fingerprint density at radius 1 is 0.462 bits per heavy atom. The molecule has 0 bridgehead atoms. The number of hydrogen-bond donors (Lipinski definition) is 15. The van der Waals surface area contributed by atoms with E-state index in [1.807, 2.05) is 0 Å². The SMILES string of the molecule is COC1CC(C=CC(=O)OC[C@@H]2O[C@H](OC3CCC(C=CC(=O)O[C@@H]4[C@@H](O)[C@H](O)[C@@H](OC[C@@H]5O[C@H](OC6CC7C(CC(O)CC7O[C@H]7O[C@@H](CO)[C@H](O)[C@@H](O)[C@H]7O)OC6C6CC(OC)C(O)C(OC)C6)[C@H](O)[C@@H](O)[C@H]5O)O[C@H]4C)CC3)[C@@H](O)[C@H](O)[C@H]2O)CCC1O. The number of carbonyl (C=O) groups is 2. The molecule has 15 N–H and O–H groups in total. The van der Waals surface area contributed by atoms with Gasteiger partial charge >= 0.3 is 11.9 Å². The molecule has 4 aliphatic carbocycles. The normalized spacial score (nSPS) is 49.3. The maximum Gasteiger partial charge on any atom is 0.330 e. The van der Waals surface area contributed by atoms with Crippen molar-refractivity contribution in [1.82, 2.24) is 0 Å². The predicted octanol–water partition coefficient (Wildman–Crippen LogP) is -5.30. The Morgan fingerprint density at radius 3 is 1.59 bits per heavy atom. The molecule has 0 radical (unpaired) electrons. The van der Waals surface area contributed by atoms with E-state index in [4.69, 9.17) is 66.3 Å². The van der Waals surface area contributed by atoms with Gasteiger partial charge in [-0.1, -0.05) is 12.2 Å². The van der Waals surface area contributed by atoms with Crippen molar-refractivity contribution in [3.63, 3.8) is 0 Å². The largest absolute Gasteiger partial charge is 0.460 e. The second kappa shape index (κ2) is 32.6. The van der Waals surface area contributed by atoms with Crippen molar-refractivity contribution >= 4 is 11.9 Å². The monoisotopic (exact) mass is 1310 g/mol. The number of allylic oxidation sites excluding steroid dienone is 2. The third-order valence-corrected chi connectivity index (χ3v) is 19.9. The summed E-state index contributed by atoms with van der Waals surface area (Å²) in [5, 5.41) is 162. The molecular formula is C60H96O31. The summed E-state index contributed by atoms with van der Waals surface area (Å²) in [5.41, 5.74) is 0. The molecule has 9 aliphatic rings. The zero-order chi connectivity index (χ0) is 65.7. The first-order chi connectivity index (χ1) is 43.4. The van der Waals surface area contributed by atoms with Crippen molar-refractivity contribution in [1.29, 1.82) is 0 Å². The van der Waals surface area contributed by atoms with Crippen LogP contribution in [0.2, 0.25) is 0 Å². The van der Waals surface area contributed by atoms with E-state index in [1.54, 1.807) is 12.2 Å². The van der Waals surface area contributed by atoms with Gasteiger partial charge in [0, 0.05) is 45.8 Å². The second-order valence-corrected chi connectivity index (χ2v) is 25.9. The standard InChI is InChI=1S/C60H96O31/c1-24-55(91-42(65)14-8-25-5-10-29(11-6-25)84-58-51(74)48(71)45(68)39(89-58)22-81-41(64)13-9-26-7-12-31(63)34(15-26)78-2)50(73)54(77)57(83-24)82-23-40-46(69)49(72)53(76)60(90-40)87-37-20-30-32(85-56(37)27-16-35(79-3)43(66)36(17-27)80-4)18-28(62)19-33(30)86-59-52(75)47(70)44(67)38(21-61)88-59/h8-9,13-14,24-40,43-63,66-77H,5-7,10-12,15-23H2,1-4H3/t24-,25?,26?,27?,28?,29?,30?,31?,32?,33?,34?,35?,36?,37?,38-,39-,40-,43?,44-,45-,46-,47+,48+,49-,50-,51-,52+,53+,54-,55-,56?,57-,58-,59-,60-/m0/s1. The van der Waals surface area contributed by atoms with E-state index in [-0.39, 0.29) is 50.0 Å². The number of aliphatic hydroxyl groups excluding tert-OH is 15. The number of ether oxygens (including phenoxy) is 14. The number of methoxy groups -OCH3 is 3. The summed E-state index contributed by atoms with van der Waals surface area (Å²) in [4.78, 5) is 25.8. The molecule has 9 fully saturated rings. The Labute approximate surface area is 526 Å². The molecule has 31 nitrogen and oxygen atoms in total. The van der Waals surface area contributed by atoms with E-state index in [9.17, 15) is 86.2 Å². The molecule has 5 heterocycles. The van der Waals surface area contributed by atoms with E-state index in [1.165, 1.54) is 40.4 Å². The van der Waals surface area contributed by atoms with Crippen LogP contribution in [0.4, 0.5) is 0 Å². The minimum Gasteiger partial charge on any atom is -0.460 e. The molecule has 522 valence electrons. The lowest BCUT2D eigenvalue weighted by Gasteiger charge is -2.53. The highest BCUT2D eigenvalue weighted by molar-refractivity contribution is 5.82. The molecule has 91 heavy (non-hydrogen) atoms. The smallest absolute Gasteiger partial charge is 0.330 e. The van der Waals surface area contributed by atoms with Crippen LogP contribution in [0.1, 0.15) is 84.0 Å². The summed E-state index contributed by atoms with van der Waals surface area (Å²) in [6.45, 7) is -0.320. The predicted molar refractivity (Wildman–Crippen MR) is 302 cm³/mol. The summed E-state index contributed by atoms with van der Waals surface area (Å²) in [6.07, 6.45) is -30.4. The third-order valence-electron chi connectivity index (χ3n) is 19.9. The fourth-order valence-corrected chi connectivity index (χ4v) is 14.4. The van der Waals surface area contributed by atoms with Crippen LogP contribution in [0, 0.1) is 23.7 Å². The highest BCUT2D eigenvalue weighted by Gasteiger charge is 2.56. The number of carbonyl (C=O) groups excluding carboxylic acids is 2. The van der Waals surface area contributed by atoms with Gasteiger partial charge in [0.1, 0.15) is 98.2 Å². The second-order valence-electron chi connectivity index (χ2n) is 25.9. The van der Waals surface area contributed by atoms with Gasteiger partial charge in [0.2, 0.25) is 0 Å². The summed E-state index contributed by atoms with van der Waals surface area (Å²) in [6, 6.07) is 0. The van der Waals surface area contributed by atoms with Crippen molar-refractivity contribution in [3.05, 3.63) is 24.3 Å². The van der Waals surface area contributed by atoms with Gasteiger partial charge in [-0.05, 0) is 95.3 Å². The van der Waals surface area contributed by atoms with Crippen LogP contribution >= 0.6 is 0 Å². The summed E-state index contributed by atoms with van der Waals surface area (Å²) in [5.74, 6) is -2.84. The van der Waals surface area contributed by atoms with Crippen molar-refractivity contribution in [2.75, 3.05) is 41.2 Å². The summed E-state index contributed by atoms with van der Waals surface area (Å²) < 4.78 is 82.4. The van der Waals surface area contributed by atoms with E-state index < -0.39 is 227 Å². The Kier molecular flexibility index (Phi) is 26.0. The molecule has 4 saturated carbocycles. The summed E-state index contributed by atoms with van der Waals surface area (Å²) >= 11 is 0. The average molecular weight is 1310 g/mol.